The number of hydrogen-bond donors (Lipinski definition) is 1. The number of carboxylic acid groups (broad SMARTS) is 1. The molecule has 4 atom stereocenters. The smallest absolute Gasteiger partial charge is 0.320 e. The molecule has 98 valence electrons. The summed E-state index contributed by atoms with van der Waals surface area (Å²) in [6, 6.07) is -0.279. The summed E-state index contributed by atoms with van der Waals surface area (Å²) in [5, 5.41) is 9.24. The standard InChI is InChI=1S/C14H25NO2/c1-3-4-13(14(16)17)15(2)9-12-8-10-5-6-11(12)7-10/h10-13H,3-9H2,1-2H3,(H,16,17). The zero-order valence-electron chi connectivity index (χ0n) is 11.1. The van der Waals surface area contributed by atoms with E-state index in [0.717, 1.165) is 37.1 Å². The van der Waals surface area contributed by atoms with Gasteiger partial charge in [-0.25, -0.2) is 0 Å². The predicted molar refractivity (Wildman–Crippen MR) is 67.9 cm³/mol. The van der Waals surface area contributed by atoms with Gasteiger partial charge in [0.2, 0.25) is 0 Å². The molecule has 0 aliphatic heterocycles. The monoisotopic (exact) mass is 239 g/mol. The van der Waals surface area contributed by atoms with E-state index in [9.17, 15) is 9.90 Å². The first kappa shape index (κ1) is 12.9. The highest BCUT2D eigenvalue weighted by molar-refractivity contribution is 5.73. The fourth-order valence-electron chi connectivity index (χ4n) is 3.90. The fraction of sp³-hybridized carbons (Fsp3) is 0.929. The van der Waals surface area contributed by atoms with Gasteiger partial charge in [-0.05, 0) is 50.5 Å². The van der Waals surface area contributed by atoms with E-state index in [4.69, 9.17) is 0 Å². The molecule has 2 aliphatic carbocycles. The third-order valence-electron chi connectivity index (χ3n) is 4.79. The summed E-state index contributed by atoms with van der Waals surface area (Å²) in [6.45, 7) is 3.04. The number of aliphatic carboxylic acids is 1. The maximum atomic E-state index is 11.2. The lowest BCUT2D eigenvalue weighted by molar-refractivity contribution is -0.143. The van der Waals surface area contributed by atoms with Crippen LogP contribution >= 0.6 is 0 Å². The Morgan fingerprint density at radius 1 is 1.41 bits per heavy atom. The molecular formula is C14H25NO2. The minimum Gasteiger partial charge on any atom is -0.480 e. The van der Waals surface area contributed by atoms with Crippen LogP contribution in [-0.4, -0.2) is 35.6 Å². The van der Waals surface area contributed by atoms with E-state index in [0.29, 0.717) is 0 Å². The molecule has 2 rings (SSSR count). The Hall–Kier alpha value is -0.570. The summed E-state index contributed by atoms with van der Waals surface area (Å²) in [5.74, 6) is 1.95. The lowest BCUT2D eigenvalue weighted by atomic mass is 9.88. The highest BCUT2D eigenvalue weighted by atomic mass is 16.4. The van der Waals surface area contributed by atoms with Crippen molar-refractivity contribution in [3.63, 3.8) is 0 Å². The average molecular weight is 239 g/mol. The number of likely N-dealkylation sites (N-methyl/N-ethyl adjacent to an activating group) is 1. The maximum Gasteiger partial charge on any atom is 0.320 e. The summed E-state index contributed by atoms with van der Waals surface area (Å²) >= 11 is 0. The number of hydrogen-bond acceptors (Lipinski definition) is 2. The van der Waals surface area contributed by atoms with Crippen LogP contribution in [0.15, 0.2) is 0 Å². The third-order valence-corrected chi connectivity index (χ3v) is 4.79. The van der Waals surface area contributed by atoms with E-state index in [1.165, 1.54) is 25.7 Å². The molecule has 2 bridgehead atoms. The number of carbonyl (C=O) groups is 1. The minimum atomic E-state index is -0.655. The largest absolute Gasteiger partial charge is 0.480 e. The van der Waals surface area contributed by atoms with Crippen molar-refractivity contribution in [2.24, 2.45) is 17.8 Å². The van der Waals surface area contributed by atoms with Crippen molar-refractivity contribution >= 4 is 5.97 Å². The van der Waals surface area contributed by atoms with Crippen molar-refractivity contribution in [3.05, 3.63) is 0 Å². The van der Waals surface area contributed by atoms with Gasteiger partial charge in [0.1, 0.15) is 6.04 Å². The molecule has 3 heteroatoms. The van der Waals surface area contributed by atoms with E-state index < -0.39 is 5.97 Å². The van der Waals surface area contributed by atoms with Crippen molar-refractivity contribution in [2.45, 2.75) is 51.5 Å². The summed E-state index contributed by atoms with van der Waals surface area (Å²) in [4.78, 5) is 13.3. The molecule has 0 saturated heterocycles. The van der Waals surface area contributed by atoms with E-state index in [-0.39, 0.29) is 6.04 Å². The first-order chi connectivity index (χ1) is 8.11. The highest BCUT2D eigenvalue weighted by Crippen LogP contribution is 2.48. The Labute approximate surface area is 104 Å². The molecule has 17 heavy (non-hydrogen) atoms. The molecule has 0 aromatic heterocycles. The minimum absolute atomic E-state index is 0.279. The van der Waals surface area contributed by atoms with Gasteiger partial charge in [-0.1, -0.05) is 19.8 Å². The van der Waals surface area contributed by atoms with E-state index in [1.54, 1.807) is 0 Å². The molecule has 2 fully saturated rings. The molecular weight excluding hydrogens is 214 g/mol. The van der Waals surface area contributed by atoms with Crippen LogP contribution in [-0.2, 0) is 4.79 Å². The van der Waals surface area contributed by atoms with Crippen molar-refractivity contribution in [1.29, 1.82) is 0 Å². The number of fused-ring (bicyclic) bond motifs is 2. The lowest BCUT2D eigenvalue weighted by Crippen LogP contribution is -2.41. The normalized spacial score (nSPS) is 33.2. The van der Waals surface area contributed by atoms with Gasteiger partial charge in [0.15, 0.2) is 0 Å². The molecule has 1 N–H and O–H groups in total. The van der Waals surface area contributed by atoms with Crippen LogP contribution < -0.4 is 0 Å². The zero-order valence-corrected chi connectivity index (χ0v) is 11.1. The molecule has 3 nitrogen and oxygen atoms in total. The Balaban J connectivity index is 1.86. The molecule has 0 amide bonds. The quantitative estimate of drug-likeness (QED) is 0.774. The molecule has 2 saturated carbocycles. The number of nitrogens with zero attached hydrogens (tertiary/aromatic N) is 1. The molecule has 0 radical (unpaired) electrons. The first-order valence-electron chi connectivity index (χ1n) is 7.04. The van der Waals surface area contributed by atoms with Crippen molar-refractivity contribution < 1.29 is 9.90 Å². The molecule has 2 aliphatic rings. The van der Waals surface area contributed by atoms with Crippen molar-refractivity contribution in [1.82, 2.24) is 4.90 Å². The van der Waals surface area contributed by atoms with Gasteiger partial charge in [0.25, 0.3) is 0 Å². The maximum absolute atomic E-state index is 11.2. The second-order valence-corrected chi connectivity index (χ2v) is 6.02. The number of rotatable bonds is 6. The molecule has 0 heterocycles. The molecule has 0 spiro atoms. The van der Waals surface area contributed by atoms with Gasteiger partial charge < -0.3 is 5.11 Å². The topological polar surface area (TPSA) is 40.5 Å². The Morgan fingerprint density at radius 3 is 2.65 bits per heavy atom. The SMILES string of the molecule is CCCC(C(=O)O)N(C)CC1CC2CCC1C2. The summed E-state index contributed by atoms with van der Waals surface area (Å²) in [7, 11) is 1.99. The van der Waals surface area contributed by atoms with Crippen LogP contribution in [0.5, 0.6) is 0 Å². The van der Waals surface area contributed by atoms with E-state index >= 15 is 0 Å². The van der Waals surface area contributed by atoms with Gasteiger partial charge in [-0.15, -0.1) is 0 Å². The van der Waals surface area contributed by atoms with Gasteiger partial charge >= 0.3 is 5.97 Å². The van der Waals surface area contributed by atoms with Crippen molar-refractivity contribution in [2.75, 3.05) is 13.6 Å². The Bertz CT molecular complexity index is 279. The summed E-state index contributed by atoms with van der Waals surface area (Å²) in [5.41, 5.74) is 0. The Morgan fingerprint density at radius 2 is 2.18 bits per heavy atom. The van der Waals surface area contributed by atoms with Crippen LogP contribution in [0.4, 0.5) is 0 Å². The first-order valence-corrected chi connectivity index (χ1v) is 7.04. The van der Waals surface area contributed by atoms with Gasteiger partial charge in [0.05, 0.1) is 0 Å². The molecule has 0 aromatic carbocycles. The van der Waals surface area contributed by atoms with Crippen LogP contribution in [0.2, 0.25) is 0 Å². The van der Waals surface area contributed by atoms with Gasteiger partial charge in [0, 0.05) is 6.54 Å². The lowest BCUT2D eigenvalue weighted by Gasteiger charge is -2.30. The van der Waals surface area contributed by atoms with E-state index in [1.807, 2.05) is 7.05 Å². The van der Waals surface area contributed by atoms with Crippen molar-refractivity contribution in [3.8, 4) is 0 Å². The summed E-state index contributed by atoms with van der Waals surface area (Å²) < 4.78 is 0. The van der Waals surface area contributed by atoms with Crippen LogP contribution in [0, 0.1) is 17.8 Å². The third kappa shape index (κ3) is 2.82. The second kappa shape index (κ2) is 5.38. The molecule has 4 unspecified atom stereocenters. The average Bonchev–Trinajstić information content (AvgIpc) is 2.86. The number of carboxylic acids is 1. The second-order valence-electron chi connectivity index (χ2n) is 6.02. The predicted octanol–water partition coefficient (Wildman–Crippen LogP) is 2.61. The fourth-order valence-corrected chi connectivity index (χ4v) is 3.90. The van der Waals surface area contributed by atoms with Crippen LogP contribution in [0.25, 0.3) is 0 Å². The Kier molecular flexibility index (Phi) is 4.08. The van der Waals surface area contributed by atoms with Gasteiger partial charge in [-0.3, -0.25) is 9.69 Å². The highest BCUT2D eigenvalue weighted by Gasteiger charge is 2.40. The van der Waals surface area contributed by atoms with E-state index in [2.05, 4.69) is 11.8 Å². The van der Waals surface area contributed by atoms with Crippen LogP contribution in [0.3, 0.4) is 0 Å². The zero-order chi connectivity index (χ0) is 12.4. The van der Waals surface area contributed by atoms with Gasteiger partial charge in [-0.2, -0.15) is 0 Å². The summed E-state index contributed by atoms with van der Waals surface area (Å²) in [6.07, 6.45) is 7.26. The molecule has 0 aromatic rings. The van der Waals surface area contributed by atoms with Crippen LogP contribution in [0.1, 0.15) is 45.4 Å².